The van der Waals surface area contributed by atoms with Crippen LogP contribution in [0.15, 0.2) is 18.2 Å². The molecule has 1 aromatic rings. The van der Waals surface area contributed by atoms with Gasteiger partial charge in [-0.1, -0.05) is 0 Å². The average molecular weight is 275 g/mol. The second-order valence-electron chi connectivity index (χ2n) is 4.52. The lowest BCUT2D eigenvalue weighted by molar-refractivity contribution is -0.141. The van der Waals surface area contributed by atoms with Crippen molar-refractivity contribution in [2.24, 2.45) is 0 Å². The lowest BCUT2D eigenvalue weighted by atomic mass is 10.1. The Hall–Kier alpha value is -1.92. The summed E-state index contributed by atoms with van der Waals surface area (Å²) in [6.07, 6.45) is -3.41. The van der Waals surface area contributed by atoms with Gasteiger partial charge in [-0.25, -0.2) is 0 Å². The second kappa shape index (κ2) is 4.64. The molecule has 4 nitrogen and oxygen atoms in total. The van der Waals surface area contributed by atoms with E-state index in [4.69, 9.17) is 0 Å². The fourth-order valence-corrected chi connectivity index (χ4v) is 1.83. The maximum atomic E-state index is 12.4. The van der Waals surface area contributed by atoms with Crippen LogP contribution >= 0.6 is 0 Å². The number of carbonyl (C=O) groups is 1. The summed E-state index contributed by atoms with van der Waals surface area (Å²) >= 11 is 0. The van der Waals surface area contributed by atoms with E-state index >= 15 is 0 Å². The van der Waals surface area contributed by atoms with Gasteiger partial charge in [0, 0.05) is 17.7 Å². The molecule has 1 amide bonds. The normalized spacial score (nSPS) is 15.3. The highest BCUT2D eigenvalue weighted by Gasteiger charge is 2.40. The van der Waals surface area contributed by atoms with E-state index in [-0.39, 0.29) is 17.1 Å². The number of hydrogen-bond donors (Lipinski definition) is 2. The van der Waals surface area contributed by atoms with E-state index in [1.165, 1.54) is 0 Å². The van der Waals surface area contributed by atoms with Crippen LogP contribution in [0.4, 0.5) is 13.2 Å². The molecule has 0 heterocycles. The number of phenolic OH excluding ortho intramolecular Hbond substituents is 2. The van der Waals surface area contributed by atoms with Crippen LogP contribution < -0.4 is 0 Å². The molecule has 0 bridgehead atoms. The first-order chi connectivity index (χ1) is 8.76. The first-order valence-electron chi connectivity index (χ1n) is 5.67. The molecule has 2 N–H and O–H groups in total. The molecule has 0 radical (unpaired) electrons. The standard InChI is InChI=1S/C12H12F3NO3/c13-12(14,15)6-16(8-1-2-8)11(19)7-3-9(17)5-10(18)4-7/h3-5,8,17-18H,1-2,6H2. The minimum absolute atomic E-state index is 0.159. The maximum Gasteiger partial charge on any atom is 0.406 e. The van der Waals surface area contributed by atoms with Crippen molar-refractivity contribution in [3.63, 3.8) is 0 Å². The molecular weight excluding hydrogens is 263 g/mol. The Bertz CT molecular complexity index is 477. The van der Waals surface area contributed by atoms with Crippen LogP contribution in [0.2, 0.25) is 0 Å². The van der Waals surface area contributed by atoms with Gasteiger partial charge in [-0.3, -0.25) is 4.79 Å². The van der Waals surface area contributed by atoms with Gasteiger partial charge in [0.25, 0.3) is 5.91 Å². The number of hydrogen-bond acceptors (Lipinski definition) is 3. The van der Waals surface area contributed by atoms with Crippen molar-refractivity contribution in [1.29, 1.82) is 0 Å². The van der Waals surface area contributed by atoms with Gasteiger partial charge in [-0.05, 0) is 25.0 Å². The fraction of sp³-hybridized carbons (Fsp3) is 0.417. The molecule has 0 aromatic heterocycles. The number of aromatic hydroxyl groups is 2. The molecule has 19 heavy (non-hydrogen) atoms. The van der Waals surface area contributed by atoms with E-state index in [1.807, 2.05) is 0 Å². The van der Waals surface area contributed by atoms with Crippen molar-refractivity contribution in [2.75, 3.05) is 6.54 Å². The summed E-state index contributed by atoms with van der Waals surface area (Å²) in [7, 11) is 0. The van der Waals surface area contributed by atoms with Gasteiger partial charge >= 0.3 is 6.18 Å². The Kier molecular flexibility index (Phi) is 3.30. The van der Waals surface area contributed by atoms with E-state index < -0.39 is 24.7 Å². The summed E-state index contributed by atoms with van der Waals surface area (Å²) in [5, 5.41) is 18.5. The third-order valence-electron chi connectivity index (χ3n) is 2.75. The van der Waals surface area contributed by atoms with Crippen molar-refractivity contribution in [3.05, 3.63) is 23.8 Å². The lowest BCUT2D eigenvalue weighted by Crippen LogP contribution is -2.40. The summed E-state index contributed by atoms with van der Waals surface area (Å²) in [5.41, 5.74) is -0.159. The predicted molar refractivity (Wildman–Crippen MR) is 59.9 cm³/mol. The van der Waals surface area contributed by atoms with Crippen molar-refractivity contribution >= 4 is 5.91 Å². The Morgan fingerprint density at radius 2 is 1.74 bits per heavy atom. The van der Waals surface area contributed by atoms with Crippen LogP contribution in [0, 0.1) is 0 Å². The summed E-state index contributed by atoms with van der Waals surface area (Å²) in [6, 6.07) is 2.66. The van der Waals surface area contributed by atoms with Gasteiger partial charge in [-0.2, -0.15) is 13.2 Å². The van der Waals surface area contributed by atoms with Crippen molar-refractivity contribution < 1.29 is 28.2 Å². The van der Waals surface area contributed by atoms with E-state index in [2.05, 4.69) is 0 Å². The molecule has 7 heteroatoms. The third-order valence-corrected chi connectivity index (χ3v) is 2.75. The zero-order valence-electron chi connectivity index (χ0n) is 9.81. The van der Waals surface area contributed by atoms with Crippen LogP contribution in [-0.2, 0) is 0 Å². The summed E-state index contributed by atoms with van der Waals surface area (Å²) < 4.78 is 37.3. The van der Waals surface area contributed by atoms with Crippen molar-refractivity contribution in [3.8, 4) is 11.5 Å². The molecule has 1 aliphatic carbocycles. The van der Waals surface area contributed by atoms with Crippen LogP contribution in [0.25, 0.3) is 0 Å². The number of alkyl halides is 3. The molecular formula is C12H12F3NO3. The van der Waals surface area contributed by atoms with Crippen molar-refractivity contribution in [2.45, 2.75) is 25.1 Å². The second-order valence-corrected chi connectivity index (χ2v) is 4.52. The average Bonchev–Trinajstić information content (AvgIpc) is 3.06. The number of carbonyl (C=O) groups excluding carboxylic acids is 1. The number of nitrogens with zero attached hydrogens (tertiary/aromatic N) is 1. The largest absolute Gasteiger partial charge is 0.508 e. The Morgan fingerprint density at radius 1 is 1.21 bits per heavy atom. The Morgan fingerprint density at radius 3 is 2.16 bits per heavy atom. The highest BCUT2D eigenvalue weighted by atomic mass is 19.4. The van der Waals surface area contributed by atoms with E-state index in [9.17, 15) is 28.2 Å². The molecule has 104 valence electrons. The van der Waals surface area contributed by atoms with Crippen molar-refractivity contribution in [1.82, 2.24) is 4.90 Å². The highest BCUT2D eigenvalue weighted by Crippen LogP contribution is 2.32. The van der Waals surface area contributed by atoms with Gasteiger partial charge in [0.1, 0.15) is 18.0 Å². The minimum atomic E-state index is -4.48. The van der Waals surface area contributed by atoms with Gasteiger partial charge in [-0.15, -0.1) is 0 Å². The molecule has 0 aliphatic heterocycles. The third kappa shape index (κ3) is 3.52. The fourth-order valence-electron chi connectivity index (χ4n) is 1.83. The lowest BCUT2D eigenvalue weighted by Gasteiger charge is -2.23. The maximum absolute atomic E-state index is 12.4. The molecule has 1 aromatic carbocycles. The Labute approximate surface area is 107 Å². The highest BCUT2D eigenvalue weighted by molar-refractivity contribution is 5.95. The molecule has 1 fully saturated rings. The van der Waals surface area contributed by atoms with Crippen LogP contribution in [0.1, 0.15) is 23.2 Å². The zero-order chi connectivity index (χ0) is 14.2. The quantitative estimate of drug-likeness (QED) is 0.889. The molecule has 0 unspecified atom stereocenters. The summed E-state index contributed by atoms with van der Waals surface area (Å²) in [4.78, 5) is 12.7. The van der Waals surface area contributed by atoms with E-state index in [0.717, 1.165) is 23.1 Å². The Balaban J connectivity index is 2.24. The van der Waals surface area contributed by atoms with Crippen LogP contribution in [0.5, 0.6) is 11.5 Å². The molecule has 1 aliphatic rings. The monoisotopic (exact) mass is 275 g/mol. The molecule has 1 saturated carbocycles. The topological polar surface area (TPSA) is 60.8 Å². The number of benzene rings is 1. The van der Waals surface area contributed by atoms with Gasteiger partial charge < -0.3 is 15.1 Å². The SMILES string of the molecule is O=C(c1cc(O)cc(O)c1)N(CC(F)(F)F)C1CC1. The molecule has 2 rings (SSSR count). The smallest absolute Gasteiger partial charge is 0.406 e. The predicted octanol–water partition coefficient (Wildman–Crippen LogP) is 2.26. The minimum Gasteiger partial charge on any atom is -0.508 e. The summed E-state index contributed by atoms with van der Waals surface area (Å²) in [5.74, 6) is -1.58. The van der Waals surface area contributed by atoms with Gasteiger partial charge in [0.05, 0.1) is 0 Å². The zero-order valence-corrected chi connectivity index (χ0v) is 9.81. The number of halogens is 3. The van der Waals surface area contributed by atoms with E-state index in [1.54, 1.807) is 0 Å². The number of rotatable bonds is 3. The van der Waals surface area contributed by atoms with Crippen LogP contribution in [-0.4, -0.2) is 39.8 Å². The van der Waals surface area contributed by atoms with E-state index in [0.29, 0.717) is 12.8 Å². The number of amides is 1. The van der Waals surface area contributed by atoms with Crippen LogP contribution in [0.3, 0.4) is 0 Å². The first kappa shape index (κ1) is 13.5. The van der Waals surface area contributed by atoms with Gasteiger partial charge in [0.2, 0.25) is 0 Å². The number of phenols is 2. The molecule has 0 atom stereocenters. The summed E-state index contributed by atoms with van der Waals surface area (Å²) in [6.45, 7) is -1.33. The van der Waals surface area contributed by atoms with Gasteiger partial charge in [0.15, 0.2) is 0 Å². The molecule has 0 spiro atoms. The molecule has 0 saturated heterocycles. The first-order valence-corrected chi connectivity index (χ1v) is 5.67.